The second-order valence-electron chi connectivity index (χ2n) is 7.59. The zero-order valence-electron chi connectivity index (χ0n) is 19.2. The van der Waals surface area contributed by atoms with Gasteiger partial charge in [0, 0.05) is 13.0 Å². The highest BCUT2D eigenvalue weighted by molar-refractivity contribution is 5.71. The molecular formula is C24H26F3N3O4. The highest BCUT2D eigenvalue weighted by Gasteiger charge is 2.30. The molecule has 0 spiro atoms. The van der Waals surface area contributed by atoms with Crippen LogP contribution in [0.15, 0.2) is 47.3 Å². The minimum absolute atomic E-state index is 0.168. The summed E-state index contributed by atoms with van der Waals surface area (Å²) in [5, 5.41) is 4.37. The molecule has 0 fully saturated rings. The van der Waals surface area contributed by atoms with Crippen LogP contribution in [0, 0.1) is 6.92 Å². The Kier molecular flexibility index (Phi) is 7.80. The van der Waals surface area contributed by atoms with Crippen LogP contribution in [0.5, 0.6) is 5.75 Å². The topological polar surface area (TPSA) is 75.3 Å². The fraction of sp³-hybridized carbons (Fsp3) is 0.375. The van der Waals surface area contributed by atoms with E-state index in [2.05, 4.69) is 5.10 Å². The van der Waals surface area contributed by atoms with Crippen LogP contribution in [-0.2, 0) is 35.1 Å². The molecule has 10 heteroatoms. The number of benzene rings is 2. The van der Waals surface area contributed by atoms with Crippen molar-refractivity contribution in [2.75, 3.05) is 13.2 Å². The molecule has 2 aromatic carbocycles. The van der Waals surface area contributed by atoms with Crippen molar-refractivity contribution < 1.29 is 27.4 Å². The summed E-state index contributed by atoms with van der Waals surface area (Å²) in [5.41, 5.74) is 0.913. The highest BCUT2D eigenvalue weighted by atomic mass is 19.4. The lowest BCUT2D eigenvalue weighted by Gasteiger charge is -2.10. The molecule has 0 radical (unpaired) electrons. The van der Waals surface area contributed by atoms with Crippen molar-refractivity contribution >= 4 is 5.97 Å². The number of carbonyl (C=O) groups is 1. The van der Waals surface area contributed by atoms with Gasteiger partial charge in [0.2, 0.25) is 0 Å². The molecule has 0 saturated heterocycles. The second-order valence-corrected chi connectivity index (χ2v) is 7.59. The number of alkyl halides is 3. The maximum Gasteiger partial charge on any atom is 0.416 e. The molecule has 0 amide bonds. The van der Waals surface area contributed by atoms with Gasteiger partial charge in [0.25, 0.3) is 0 Å². The van der Waals surface area contributed by atoms with Crippen LogP contribution in [0.25, 0.3) is 5.69 Å². The van der Waals surface area contributed by atoms with Gasteiger partial charge < -0.3 is 9.47 Å². The van der Waals surface area contributed by atoms with Gasteiger partial charge >= 0.3 is 17.8 Å². The van der Waals surface area contributed by atoms with E-state index >= 15 is 0 Å². The van der Waals surface area contributed by atoms with Crippen LogP contribution in [0.2, 0.25) is 0 Å². The van der Waals surface area contributed by atoms with Gasteiger partial charge in [-0.15, -0.1) is 5.10 Å². The van der Waals surface area contributed by atoms with Crippen molar-refractivity contribution in [3.05, 3.63) is 75.5 Å². The number of ether oxygens (including phenoxy) is 2. The summed E-state index contributed by atoms with van der Waals surface area (Å²) >= 11 is 0. The van der Waals surface area contributed by atoms with E-state index in [1.807, 2.05) is 26.0 Å². The van der Waals surface area contributed by atoms with E-state index in [4.69, 9.17) is 9.47 Å². The molecule has 34 heavy (non-hydrogen) atoms. The van der Waals surface area contributed by atoms with Gasteiger partial charge in [-0.2, -0.15) is 17.9 Å². The Morgan fingerprint density at radius 1 is 1.06 bits per heavy atom. The molecule has 0 saturated carbocycles. The lowest BCUT2D eigenvalue weighted by atomic mass is 10.1. The van der Waals surface area contributed by atoms with Crippen molar-refractivity contribution in [3.8, 4) is 11.4 Å². The number of rotatable bonds is 9. The van der Waals surface area contributed by atoms with Crippen LogP contribution in [0.4, 0.5) is 13.2 Å². The third-order valence-electron chi connectivity index (χ3n) is 5.22. The van der Waals surface area contributed by atoms with Crippen molar-refractivity contribution in [1.29, 1.82) is 0 Å². The third-order valence-corrected chi connectivity index (χ3v) is 5.22. The molecule has 0 unspecified atom stereocenters. The molecule has 0 aliphatic heterocycles. The number of halogens is 3. The zero-order chi connectivity index (χ0) is 24.9. The van der Waals surface area contributed by atoms with Gasteiger partial charge in [-0.05, 0) is 68.7 Å². The summed E-state index contributed by atoms with van der Waals surface area (Å²) in [6.07, 6.45) is -3.41. The molecule has 1 aromatic heterocycles. The van der Waals surface area contributed by atoms with Gasteiger partial charge in [-0.25, -0.2) is 9.59 Å². The predicted octanol–water partition coefficient (Wildman–Crippen LogP) is 4.11. The van der Waals surface area contributed by atoms with E-state index in [0.29, 0.717) is 31.0 Å². The van der Waals surface area contributed by atoms with Crippen molar-refractivity contribution in [2.24, 2.45) is 0 Å². The van der Waals surface area contributed by atoms with Gasteiger partial charge in [-0.1, -0.05) is 12.1 Å². The first-order valence-corrected chi connectivity index (χ1v) is 10.9. The summed E-state index contributed by atoms with van der Waals surface area (Å²) in [4.78, 5) is 24.2. The molecular weight excluding hydrogens is 451 g/mol. The molecule has 3 rings (SSSR count). The minimum Gasteiger partial charge on any atom is -0.482 e. The smallest absolute Gasteiger partial charge is 0.416 e. The highest BCUT2D eigenvalue weighted by Crippen LogP contribution is 2.29. The van der Waals surface area contributed by atoms with Gasteiger partial charge in [0.05, 0.1) is 17.9 Å². The maximum atomic E-state index is 12.8. The molecule has 0 aliphatic carbocycles. The maximum absolute atomic E-state index is 12.8. The van der Waals surface area contributed by atoms with Crippen LogP contribution < -0.4 is 10.4 Å². The molecule has 0 aliphatic rings. The Hall–Kier alpha value is -3.56. The number of nitrogens with zero attached hydrogens (tertiary/aromatic N) is 3. The number of aryl methyl sites for hydroxylation is 3. The van der Waals surface area contributed by atoms with E-state index in [-0.39, 0.29) is 18.9 Å². The van der Waals surface area contributed by atoms with Crippen molar-refractivity contribution in [1.82, 2.24) is 14.3 Å². The predicted molar refractivity (Wildman–Crippen MR) is 119 cm³/mol. The lowest BCUT2D eigenvalue weighted by Crippen LogP contribution is -2.24. The quantitative estimate of drug-likeness (QED) is 0.434. The Morgan fingerprint density at radius 3 is 2.35 bits per heavy atom. The summed E-state index contributed by atoms with van der Waals surface area (Å²) in [5.74, 6) is 0.675. The first-order valence-electron chi connectivity index (χ1n) is 10.9. The van der Waals surface area contributed by atoms with E-state index in [1.54, 1.807) is 13.0 Å². The lowest BCUT2D eigenvalue weighted by molar-refractivity contribution is -0.145. The van der Waals surface area contributed by atoms with Gasteiger partial charge in [0.1, 0.15) is 11.6 Å². The largest absolute Gasteiger partial charge is 0.482 e. The average Bonchev–Trinajstić information content (AvgIpc) is 3.12. The van der Waals surface area contributed by atoms with E-state index in [0.717, 1.165) is 27.9 Å². The second kappa shape index (κ2) is 10.6. The number of carbonyl (C=O) groups excluding carboxylic acids is 1. The fourth-order valence-electron chi connectivity index (χ4n) is 3.52. The summed E-state index contributed by atoms with van der Waals surface area (Å²) in [6, 6.07) is 9.91. The standard InChI is InChI=1S/C24H26F3N3O4/c1-4-29-21(28-30(23(29)32)19-10-8-18(9-11-19)24(25,26)27)13-7-17-6-12-20(16(3)14-17)34-15-22(31)33-5-2/h6,8-12,14H,4-5,7,13,15H2,1-3H3. The number of aromatic nitrogens is 3. The van der Waals surface area contributed by atoms with E-state index in [1.165, 1.54) is 16.7 Å². The number of esters is 1. The molecule has 0 bridgehead atoms. The zero-order valence-corrected chi connectivity index (χ0v) is 19.2. The number of hydrogen-bond donors (Lipinski definition) is 0. The molecule has 7 nitrogen and oxygen atoms in total. The average molecular weight is 477 g/mol. The molecule has 1 heterocycles. The summed E-state index contributed by atoms with van der Waals surface area (Å²) < 4.78 is 51.5. The summed E-state index contributed by atoms with van der Waals surface area (Å²) in [7, 11) is 0. The molecule has 0 N–H and O–H groups in total. The first-order chi connectivity index (χ1) is 16.1. The molecule has 3 aromatic rings. The third kappa shape index (κ3) is 5.86. The van der Waals surface area contributed by atoms with Gasteiger partial charge in [-0.3, -0.25) is 4.57 Å². The molecule has 182 valence electrons. The Morgan fingerprint density at radius 2 is 1.76 bits per heavy atom. The van der Waals surface area contributed by atoms with Crippen LogP contribution >= 0.6 is 0 Å². The van der Waals surface area contributed by atoms with Crippen molar-refractivity contribution in [3.63, 3.8) is 0 Å². The Bertz CT molecular complexity index is 1200. The number of hydrogen-bond acceptors (Lipinski definition) is 5. The van der Waals surface area contributed by atoms with E-state index < -0.39 is 23.4 Å². The normalized spacial score (nSPS) is 11.5. The summed E-state index contributed by atoms with van der Waals surface area (Å²) in [6.45, 7) is 5.90. The minimum atomic E-state index is -4.45. The molecule has 0 atom stereocenters. The Balaban J connectivity index is 1.73. The van der Waals surface area contributed by atoms with Crippen LogP contribution in [0.1, 0.15) is 36.4 Å². The van der Waals surface area contributed by atoms with Crippen molar-refractivity contribution in [2.45, 2.75) is 46.3 Å². The van der Waals surface area contributed by atoms with Crippen LogP contribution in [0.3, 0.4) is 0 Å². The van der Waals surface area contributed by atoms with E-state index in [9.17, 15) is 22.8 Å². The fourth-order valence-corrected chi connectivity index (χ4v) is 3.52. The SMILES string of the molecule is CCOC(=O)COc1ccc(CCc2nn(-c3ccc(C(F)(F)F)cc3)c(=O)n2CC)cc1C. The first kappa shape index (κ1) is 25.1. The Labute approximate surface area is 194 Å². The van der Waals surface area contributed by atoms with Gasteiger partial charge in [0.15, 0.2) is 6.61 Å². The van der Waals surface area contributed by atoms with Crippen LogP contribution in [-0.4, -0.2) is 33.5 Å². The monoisotopic (exact) mass is 477 g/mol.